The molecule has 0 unspecified atom stereocenters. The van der Waals surface area contributed by atoms with Crippen LogP contribution in [0.4, 0.5) is 0 Å². The van der Waals surface area contributed by atoms with Crippen LogP contribution >= 0.6 is 12.2 Å². The summed E-state index contributed by atoms with van der Waals surface area (Å²) in [5.74, 6) is 0. The van der Waals surface area contributed by atoms with Crippen LogP contribution in [0.1, 0.15) is 35.6 Å². The number of nitrogens with zero attached hydrogens (tertiary/aromatic N) is 2. The van der Waals surface area contributed by atoms with Crippen molar-refractivity contribution in [2.24, 2.45) is 0 Å². The Balaban J connectivity index is 1.96. The van der Waals surface area contributed by atoms with Crippen LogP contribution < -0.4 is 5.32 Å². The number of pyridine rings is 1. The summed E-state index contributed by atoms with van der Waals surface area (Å²) in [4.78, 5) is 10.0. The number of aliphatic hydroxyl groups excluding tert-OH is 1. The number of rotatable bonds is 5. The van der Waals surface area contributed by atoms with Gasteiger partial charge >= 0.3 is 0 Å². The number of hydrogen-bond donors (Lipinski definition) is 3. The molecule has 3 rings (SSSR count). The first-order chi connectivity index (χ1) is 10.7. The van der Waals surface area contributed by atoms with Gasteiger partial charge in [-0.15, -0.1) is 0 Å². The number of H-pyrrole nitrogens is 1. The van der Waals surface area contributed by atoms with Gasteiger partial charge in [-0.1, -0.05) is 6.07 Å². The molecule has 2 atom stereocenters. The second kappa shape index (κ2) is 6.46. The zero-order valence-corrected chi connectivity index (χ0v) is 13.3. The molecule has 0 aromatic carbocycles. The second-order valence-electron chi connectivity index (χ2n) is 5.49. The van der Waals surface area contributed by atoms with Gasteiger partial charge in [-0.05, 0) is 49.8 Å². The number of aromatic amines is 1. The highest BCUT2D eigenvalue weighted by Gasteiger charge is 2.39. The van der Waals surface area contributed by atoms with Gasteiger partial charge < -0.3 is 20.3 Å². The summed E-state index contributed by atoms with van der Waals surface area (Å²) < 4.78 is 0. The van der Waals surface area contributed by atoms with Gasteiger partial charge in [0.15, 0.2) is 5.11 Å². The average Bonchev–Trinajstić information content (AvgIpc) is 3.09. The maximum absolute atomic E-state index is 9.15. The number of aryl methyl sites for hydroxylation is 1. The Morgan fingerprint density at radius 2 is 2.18 bits per heavy atom. The molecule has 1 aliphatic heterocycles. The highest BCUT2D eigenvalue weighted by atomic mass is 32.1. The Bertz CT molecular complexity index is 643. The predicted octanol–water partition coefficient (Wildman–Crippen LogP) is 2.07. The third-order valence-electron chi connectivity index (χ3n) is 3.93. The molecule has 0 aliphatic carbocycles. The third-order valence-corrected chi connectivity index (χ3v) is 4.28. The minimum atomic E-state index is 0.00504. The molecule has 3 N–H and O–H groups in total. The van der Waals surface area contributed by atoms with Crippen LogP contribution in [0.15, 0.2) is 36.5 Å². The minimum absolute atomic E-state index is 0.00504. The zero-order valence-electron chi connectivity index (χ0n) is 12.5. The number of thiocarbonyl (C=S) groups is 1. The van der Waals surface area contributed by atoms with E-state index >= 15 is 0 Å². The number of aromatic nitrogens is 2. The molecule has 1 aliphatic rings. The van der Waals surface area contributed by atoms with Gasteiger partial charge in [-0.2, -0.15) is 0 Å². The van der Waals surface area contributed by atoms with E-state index in [0.29, 0.717) is 18.1 Å². The van der Waals surface area contributed by atoms with Crippen molar-refractivity contribution in [2.45, 2.75) is 25.4 Å². The summed E-state index contributed by atoms with van der Waals surface area (Å²) in [6.07, 6.45) is 2.49. The molecule has 1 saturated heterocycles. The molecule has 0 amide bonds. The van der Waals surface area contributed by atoms with Crippen LogP contribution in [0.3, 0.4) is 0 Å². The minimum Gasteiger partial charge on any atom is -0.396 e. The van der Waals surface area contributed by atoms with Crippen LogP contribution in [-0.2, 0) is 0 Å². The van der Waals surface area contributed by atoms with Crippen molar-refractivity contribution in [2.75, 3.05) is 13.2 Å². The summed E-state index contributed by atoms with van der Waals surface area (Å²) in [6, 6.07) is 10.1. The average molecular weight is 316 g/mol. The summed E-state index contributed by atoms with van der Waals surface area (Å²) in [7, 11) is 0. The number of aliphatic hydroxyl groups is 1. The maximum atomic E-state index is 9.15. The molecule has 0 spiro atoms. The smallest absolute Gasteiger partial charge is 0.170 e. The van der Waals surface area contributed by atoms with Gasteiger partial charge in [0, 0.05) is 30.7 Å². The van der Waals surface area contributed by atoms with E-state index in [0.717, 1.165) is 17.1 Å². The Morgan fingerprint density at radius 3 is 2.82 bits per heavy atom. The fourth-order valence-corrected chi connectivity index (χ4v) is 3.26. The van der Waals surface area contributed by atoms with Gasteiger partial charge in [0.25, 0.3) is 0 Å². The standard InChI is InChI=1S/C16H20N4OS/c1-11-6-7-13(18-11)15-14(12-5-2-3-8-17-12)19-16(22)20(15)9-4-10-21/h2-3,5-8,14-15,18,21H,4,9-10H2,1H3,(H,19,22)/t14-,15-/m1/s1. The molecular weight excluding hydrogens is 296 g/mol. The van der Waals surface area contributed by atoms with Crippen molar-refractivity contribution in [3.63, 3.8) is 0 Å². The number of hydrogen-bond acceptors (Lipinski definition) is 3. The first kappa shape index (κ1) is 15.0. The summed E-state index contributed by atoms with van der Waals surface area (Å²) in [5.41, 5.74) is 3.20. The first-order valence-corrected chi connectivity index (χ1v) is 7.86. The molecule has 2 aromatic heterocycles. The Kier molecular flexibility index (Phi) is 4.40. The molecule has 116 valence electrons. The molecule has 6 heteroatoms. The van der Waals surface area contributed by atoms with Gasteiger partial charge in [0.1, 0.15) is 0 Å². The van der Waals surface area contributed by atoms with Crippen LogP contribution in [0.2, 0.25) is 0 Å². The first-order valence-electron chi connectivity index (χ1n) is 7.45. The van der Waals surface area contributed by atoms with E-state index in [9.17, 15) is 0 Å². The molecule has 0 bridgehead atoms. The third kappa shape index (κ3) is 2.84. The summed E-state index contributed by atoms with van der Waals surface area (Å²) in [6.45, 7) is 2.91. The second-order valence-corrected chi connectivity index (χ2v) is 5.88. The van der Waals surface area contributed by atoms with E-state index < -0.39 is 0 Å². The van der Waals surface area contributed by atoms with Crippen molar-refractivity contribution in [1.29, 1.82) is 0 Å². The zero-order chi connectivity index (χ0) is 15.5. The highest BCUT2D eigenvalue weighted by molar-refractivity contribution is 7.80. The fraction of sp³-hybridized carbons (Fsp3) is 0.375. The Labute approximate surface area is 135 Å². The van der Waals surface area contributed by atoms with Gasteiger partial charge in [-0.25, -0.2) is 0 Å². The fourth-order valence-electron chi connectivity index (χ4n) is 2.92. The lowest BCUT2D eigenvalue weighted by atomic mass is 10.0. The van der Waals surface area contributed by atoms with E-state index in [4.69, 9.17) is 17.3 Å². The normalized spacial score (nSPS) is 21.2. The van der Waals surface area contributed by atoms with Crippen LogP contribution in [0.25, 0.3) is 0 Å². The lowest BCUT2D eigenvalue weighted by molar-refractivity contribution is 0.246. The van der Waals surface area contributed by atoms with Crippen molar-refractivity contribution in [3.8, 4) is 0 Å². The van der Waals surface area contributed by atoms with E-state index in [-0.39, 0.29) is 18.7 Å². The topological polar surface area (TPSA) is 64.2 Å². The molecule has 2 aromatic rings. The molecule has 3 heterocycles. The molecule has 0 radical (unpaired) electrons. The van der Waals surface area contributed by atoms with Crippen molar-refractivity contribution >= 4 is 17.3 Å². The molecule has 1 fully saturated rings. The van der Waals surface area contributed by atoms with E-state index in [2.05, 4.69) is 32.3 Å². The monoisotopic (exact) mass is 316 g/mol. The molecular formula is C16H20N4OS. The van der Waals surface area contributed by atoms with E-state index in [1.807, 2.05) is 25.1 Å². The molecule has 22 heavy (non-hydrogen) atoms. The van der Waals surface area contributed by atoms with Crippen molar-refractivity contribution < 1.29 is 5.11 Å². The SMILES string of the molecule is Cc1ccc([C@@H]2[C@@H](c3ccccn3)NC(=S)N2CCCO)[nH]1. The van der Waals surface area contributed by atoms with Crippen molar-refractivity contribution in [3.05, 3.63) is 53.6 Å². The van der Waals surface area contributed by atoms with Crippen LogP contribution in [0, 0.1) is 6.92 Å². The Morgan fingerprint density at radius 1 is 1.32 bits per heavy atom. The van der Waals surface area contributed by atoms with Gasteiger partial charge in [0.2, 0.25) is 0 Å². The van der Waals surface area contributed by atoms with Gasteiger partial charge in [0.05, 0.1) is 17.8 Å². The lowest BCUT2D eigenvalue weighted by Crippen LogP contribution is -2.31. The Hall–Kier alpha value is -1.92. The predicted molar refractivity (Wildman–Crippen MR) is 89.4 cm³/mol. The summed E-state index contributed by atoms with van der Waals surface area (Å²) in [5, 5.41) is 13.2. The summed E-state index contributed by atoms with van der Waals surface area (Å²) >= 11 is 5.51. The van der Waals surface area contributed by atoms with E-state index in [1.165, 1.54) is 0 Å². The van der Waals surface area contributed by atoms with Gasteiger partial charge in [-0.3, -0.25) is 4.98 Å². The molecule has 5 nitrogen and oxygen atoms in total. The lowest BCUT2D eigenvalue weighted by Gasteiger charge is -2.26. The maximum Gasteiger partial charge on any atom is 0.170 e. The number of nitrogens with one attached hydrogen (secondary N) is 2. The van der Waals surface area contributed by atoms with Crippen LogP contribution in [-0.4, -0.2) is 38.2 Å². The van der Waals surface area contributed by atoms with E-state index in [1.54, 1.807) is 6.20 Å². The largest absolute Gasteiger partial charge is 0.396 e. The molecule has 0 saturated carbocycles. The van der Waals surface area contributed by atoms with Crippen molar-refractivity contribution in [1.82, 2.24) is 20.2 Å². The van der Waals surface area contributed by atoms with Crippen LogP contribution in [0.5, 0.6) is 0 Å². The quantitative estimate of drug-likeness (QED) is 0.737. The highest BCUT2D eigenvalue weighted by Crippen LogP contribution is 2.37.